The summed E-state index contributed by atoms with van der Waals surface area (Å²) in [5.41, 5.74) is 3.23. The Labute approximate surface area is 139 Å². The normalized spacial score (nSPS) is 15.3. The number of nitrogens with zero attached hydrogens (tertiary/aromatic N) is 1. The molecular weight excluding hydrogens is 310 g/mol. The van der Waals surface area contributed by atoms with Crippen molar-refractivity contribution in [3.63, 3.8) is 0 Å². The number of carbonyl (C=O) groups excluding carboxylic acids is 1. The molecule has 5 heteroatoms. The molecule has 0 fully saturated rings. The molecule has 23 heavy (non-hydrogen) atoms. The van der Waals surface area contributed by atoms with Gasteiger partial charge in [-0.15, -0.1) is 11.3 Å². The van der Waals surface area contributed by atoms with Crippen LogP contribution in [0.25, 0.3) is 0 Å². The molecule has 0 saturated heterocycles. The highest BCUT2D eigenvalue weighted by molar-refractivity contribution is 7.10. The third-order valence-corrected chi connectivity index (χ3v) is 5.58. The predicted octanol–water partition coefficient (Wildman–Crippen LogP) is 3.63. The summed E-state index contributed by atoms with van der Waals surface area (Å²) in [5, 5.41) is 2.04. The summed E-state index contributed by atoms with van der Waals surface area (Å²) < 4.78 is 10.7. The zero-order valence-electron chi connectivity index (χ0n) is 13.1. The summed E-state index contributed by atoms with van der Waals surface area (Å²) >= 11 is 1.74. The molecule has 1 aromatic carbocycles. The molecule has 4 nitrogen and oxygen atoms in total. The van der Waals surface area contributed by atoms with Crippen molar-refractivity contribution >= 4 is 17.2 Å². The maximum absolute atomic E-state index is 12.8. The predicted molar refractivity (Wildman–Crippen MR) is 89.3 cm³/mol. The van der Waals surface area contributed by atoms with Gasteiger partial charge in [0.1, 0.15) is 0 Å². The Morgan fingerprint density at radius 2 is 2.04 bits per heavy atom. The Balaban J connectivity index is 1.51. The molecule has 0 unspecified atom stereocenters. The fourth-order valence-electron chi connectivity index (χ4n) is 3.26. The van der Waals surface area contributed by atoms with Crippen LogP contribution in [-0.2, 0) is 19.4 Å². The van der Waals surface area contributed by atoms with Crippen LogP contribution in [0, 0.1) is 0 Å². The molecule has 120 valence electrons. The van der Waals surface area contributed by atoms with Crippen LogP contribution in [0.4, 0.5) is 0 Å². The monoisotopic (exact) mass is 329 g/mol. The van der Waals surface area contributed by atoms with Crippen LogP contribution >= 0.6 is 11.3 Å². The Morgan fingerprint density at radius 3 is 2.96 bits per heavy atom. The highest BCUT2D eigenvalue weighted by Crippen LogP contribution is 2.33. The quantitative estimate of drug-likeness (QED) is 0.863. The standard InChI is InChI=1S/C18H19NO3S/c1-19(9-12-6-7-15-16(8-12)22-11-21-15)18(20)14-10-23-17-5-3-2-4-13(14)17/h6-8,10H,2-5,9,11H2,1H3. The number of hydrogen-bond donors (Lipinski definition) is 0. The third kappa shape index (κ3) is 2.70. The molecule has 0 spiro atoms. The van der Waals surface area contributed by atoms with Crippen LogP contribution in [0.15, 0.2) is 23.6 Å². The van der Waals surface area contributed by atoms with Crippen LogP contribution in [0.3, 0.4) is 0 Å². The van der Waals surface area contributed by atoms with Gasteiger partial charge in [-0.1, -0.05) is 6.07 Å². The second-order valence-electron chi connectivity index (χ2n) is 6.11. The lowest BCUT2D eigenvalue weighted by Crippen LogP contribution is -2.27. The van der Waals surface area contributed by atoms with Gasteiger partial charge in [0.05, 0.1) is 5.56 Å². The lowest BCUT2D eigenvalue weighted by atomic mass is 9.95. The van der Waals surface area contributed by atoms with Gasteiger partial charge in [0.2, 0.25) is 6.79 Å². The van der Waals surface area contributed by atoms with Gasteiger partial charge < -0.3 is 14.4 Å². The highest BCUT2D eigenvalue weighted by Gasteiger charge is 2.23. The van der Waals surface area contributed by atoms with E-state index in [0.717, 1.165) is 35.5 Å². The largest absolute Gasteiger partial charge is 0.454 e. The van der Waals surface area contributed by atoms with Crippen molar-refractivity contribution in [3.05, 3.63) is 45.1 Å². The summed E-state index contributed by atoms with van der Waals surface area (Å²) in [6.45, 7) is 0.842. The average Bonchev–Trinajstić information content (AvgIpc) is 3.20. The van der Waals surface area contributed by atoms with E-state index in [1.54, 1.807) is 16.2 Å². The highest BCUT2D eigenvalue weighted by atomic mass is 32.1. The zero-order chi connectivity index (χ0) is 15.8. The van der Waals surface area contributed by atoms with Crippen molar-refractivity contribution in [1.82, 2.24) is 4.90 Å². The Morgan fingerprint density at radius 1 is 1.22 bits per heavy atom. The lowest BCUT2D eigenvalue weighted by molar-refractivity contribution is 0.0784. The van der Waals surface area contributed by atoms with Gasteiger partial charge in [0.15, 0.2) is 11.5 Å². The average molecular weight is 329 g/mol. The lowest BCUT2D eigenvalue weighted by Gasteiger charge is -2.19. The van der Waals surface area contributed by atoms with Crippen LogP contribution < -0.4 is 9.47 Å². The van der Waals surface area contributed by atoms with Crippen LogP contribution in [0.1, 0.15) is 39.2 Å². The number of aryl methyl sites for hydroxylation is 1. The van der Waals surface area contributed by atoms with E-state index in [0.29, 0.717) is 6.54 Å². The van der Waals surface area contributed by atoms with E-state index >= 15 is 0 Å². The summed E-state index contributed by atoms with van der Waals surface area (Å²) in [4.78, 5) is 16.0. The summed E-state index contributed by atoms with van der Waals surface area (Å²) in [6, 6.07) is 5.85. The van der Waals surface area contributed by atoms with E-state index < -0.39 is 0 Å². The van der Waals surface area contributed by atoms with Gasteiger partial charge in [0.25, 0.3) is 5.91 Å². The van der Waals surface area contributed by atoms with E-state index in [2.05, 4.69) is 0 Å². The molecule has 1 aromatic heterocycles. The molecule has 1 amide bonds. The van der Waals surface area contributed by atoms with Gasteiger partial charge in [-0.05, 0) is 48.9 Å². The Kier molecular flexibility index (Phi) is 3.73. The van der Waals surface area contributed by atoms with Crippen LogP contribution in [-0.4, -0.2) is 24.6 Å². The summed E-state index contributed by atoms with van der Waals surface area (Å²) in [7, 11) is 1.86. The van der Waals surface area contributed by atoms with E-state index in [9.17, 15) is 4.79 Å². The van der Waals surface area contributed by atoms with Gasteiger partial charge in [0, 0.05) is 23.8 Å². The van der Waals surface area contributed by atoms with Crippen LogP contribution in [0.2, 0.25) is 0 Å². The smallest absolute Gasteiger partial charge is 0.255 e. The molecular formula is C18H19NO3S. The molecule has 2 aromatic rings. The number of benzene rings is 1. The minimum absolute atomic E-state index is 0.113. The number of thiophene rings is 1. The molecule has 0 radical (unpaired) electrons. The van der Waals surface area contributed by atoms with Crippen molar-refractivity contribution in [2.24, 2.45) is 0 Å². The third-order valence-electron chi connectivity index (χ3n) is 4.50. The molecule has 4 rings (SSSR count). The number of ether oxygens (including phenoxy) is 2. The first-order valence-electron chi connectivity index (χ1n) is 7.95. The first-order valence-corrected chi connectivity index (χ1v) is 8.83. The van der Waals surface area contributed by atoms with E-state index in [4.69, 9.17) is 9.47 Å². The second kappa shape index (κ2) is 5.89. The van der Waals surface area contributed by atoms with E-state index in [-0.39, 0.29) is 12.7 Å². The molecule has 2 aliphatic rings. The first kappa shape index (κ1) is 14.6. The van der Waals surface area contributed by atoms with Crippen LogP contribution in [0.5, 0.6) is 11.5 Å². The molecule has 2 heterocycles. The number of hydrogen-bond acceptors (Lipinski definition) is 4. The van der Waals surface area contributed by atoms with Gasteiger partial charge in [-0.3, -0.25) is 4.79 Å². The van der Waals surface area contributed by atoms with E-state index in [1.165, 1.54) is 23.3 Å². The fourth-order valence-corrected chi connectivity index (χ4v) is 4.38. The minimum atomic E-state index is 0.113. The van der Waals surface area contributed by atoms with Gasteiger partial charge in [-0.25, -0.2) is 0 Å². The van der Waals surface area contributed by atoms with Crippen molar-refractivity contribution in [1.29, 1.82) is 0 Å². The number of rotatable bonds is 3. The topological polar surface area (TPSA) is 38.8 Å². The van der Waals surface area contributed by atoms with Gasteiger partial charge >= 0.3 is 0 Å². The van der Waals surface area contributed by atoms with Crippen molar-refractivity contribution in [3.8, 4) is 11.5 Å². The molecule has 0 N–H and O–H groups in total. The molecule has 1 aliphatic heterocycles. The Bertz CT molecular complexity index is 753. The zero-order valence-corrected chi connectivity index (χ0v) is 13.9. The molecule has 0 saturated carbocycles. The Hall–Kier alpha value is -2.01. The number of amides is 1. The summed E-state index contributed by atoms with van der Waals surface area (Å²) in [6.07, 6.45) is 4.60. The van der Waals surface area contributed by atoms with Crippen molar-refractivity contribution < 1.29 is 14.3 Å². The summed E-state index contributed by atoms with van der Waals surface area (Å²) in [5.74, 6) is 1.65. The van der Waals surface area contributed by atoms with Gasteiger partial charge in [-0.2, -0.15) is 0 Å². The maximum atomic E-state index is 12.8. The molecule has 0 atom stereocenters. The second-order valence-corrected chi connectivity index (χ2v) is 7.07. The van der Waals surface area contributed by atoms with Crippen molar-refractivity contribution in [2.75, 3.05) is 13.8 Å². The SMILES string of the molecule is CN(Cc1ccc2c(c1)OCO2)C(=O)c1csc2c1CCCC2. The maximum Gasteiger partial charge on any atom is 0.255 e. The number of carbonyl (C=O) groups is 1. The fraction of sp³-hybridized carbons (Fsp3) is 0.389. The molecule has 0 bridgehead atoms. The first-order chi connectivity index (χ1) is 11.2. The van der Waals surface area contributed by atoms with E-state index in [1.807, 2.05) is 30.6 Å². The minimum Gasteiger partial charge on any atom is -0.454 e. The van der Waals surface area contributed by atoms with Crippen molar-refractivity contribution in [2.45, 2.75) is 32.2 Å². The molecule has 1 aliphatic carbocycles. The number of fused-ring (bicyclic) bond motifs is 2.